The van der Waals surface area contributed by atoms with E-state index in [0.717, 1.165) is 22.1 Å². The number of hydrogen-bond acceptors (Lipinski definition) is 3. The minimum Gasteiger partial charge on any atom is -0.481 e. The molecule has 3 nitrogen and oxygen atoms in total. The summed E-state index contributed by atoms with van der Waals surface area (Å²) in [6, 6.07) is 5.85. The number of aromatic nitrogens is 1. The molecule has 0 saturated carbocycles. The number of aryl methyl sites for hydroxylation is 1. The minimum absolute atomic E-state index is 0.420. The number of hydrogen-bond donors (Lipinski definition) is 0. The minimum atomic E-state index is 0.420. The Labute approximate surface area is 97.2 Å². The van der Waals surface area contributed by atoms with Crippen LogP contribution >= 0.6 is 22.6 Å². The van der Waals surface area contributed by atoms with Crippen LogP contribution in [0.4, 0.5) is 0 Å². The largest absolute Gasteiger partial charge is 0.481 e. The van der Waals surface area contributed by atoms with Gasteiger partial charge in [-0.3, -0.25) is 0 Å². The van der Waals surface area contributed by atoms with E-state index in [4.69, 9.17) is 10.00 Å². The lowest BCUT2D eigenvalue weighted by Crippen LogP contribution is -2.00. The van der Waals surface area contributed by atoms with Crippen LogP contribution in [-0.2, 0) is 12.8 Å². The number of methoxy groups -OCH3 is 1. The van der Waals surface area contributed by atoms with Crippen LogP contribution in [0, 0.1) is 11.3 Å². The lowest BCUT2D eigenvalue weighted by Gasteiger charge is -2.06. The average molecular weight is 302 g/mol. The van der Waals surface area contributed by atoms with Gasteiger partial charge in [0.1, 0.15) is 0 Å². The van der Waals surface area contributed by atoms with E-state index in [1.54, 1.807) is 13.2 Å². The second-order valence-corrected chi connectivity index (χ2v) is 3.81. The lowest BCUT2D eigenvalue weighted by molar-refractivity contribution is 0.396. The predicted octanol–water partition coefficient (Wildman–Crippen LogP) is 2.13. The van der Waals surface area contributed by atoms with Crippen LogP contribution in [0.3, 0.4) is 0 Å². The normalized spacial score (nSPS) is 9.50. The molecule has 0 bridgehead atoms. The zero-order valence-electron chi connectivity index (χ0n) is 7.96. The SMILES string of the molecule is COc1ccc(CC#N)c(CCI)n1. The highest BCUT2D eigenvalue weighted by atomic mass is 127. The quantitative estimate of drug-likeness (QED) is 0.632. The summed E-state index contributed by atoms with van der Waals surface area (Å²) >= 11 is 2.30. The van der Waals surface area contributed by atoms with E-state index >= 15 is 0 Å². The van der Waals surface area contributed by atoms with Crippen molar-refractivity contribution in [2.24, 2.45) is 0 Å². The molecule has 0 amide bonds. The zero-order chi connectivity index (χ0) is 10.4. The molecule has 1 aromatic heterocycles. The van der Waals surface area contributed by atoms with Crippen molar-refractivity contribution in [3.63, 3.8) is 0 Å². The third kappa shape index (κ3) is 2.84. The van der Waals surface area contributed by atoms with Gasteiger partial charge in [0.05, 0.1) is 19.6 Å². The van der Waals surface area contributed by atoms with Gasteiger partial charge in [0, 0.05) is 16.2 Å². The topological polar surface area (TPSA) is 45.9 Å². The Bertz CT molecular complexity index is 346. The Morgan fingerprint density at radius 2 is 2.36 bits per heavy atom. The number of nitrogens with zero attached hydrogens (tertiary/aromatic N) is 2. The molecule has 1 rings (SSSR count). The van der Waals surface area contributed by atoms with Gasteiger partial charge in [-0.1, -0.05) is 28.7 Å². The number of rotatable bonds is 4. The summed E-state index contributed by atoms with van der Waals surface area (Å²) in [6.45, 7) is 0. The molecule has 0 aliphatic carbocycles. The van der Waals surface area contributed by atoms with Crippen molar-refractivity contribution in [1.29, 1.82) is 5.26 Å². The van der Waals surface area contributed by atoms with Crippen LogP contribution in [0.2, 0.25) is 0 Å². The first kappa shape index (κ1) is 11.2. The fourth-order valence-corrected chi connectivity index (χ4v) is 1.69. The summed E-state index contributed by atoms with van der Waals surface area (Å²) in [6.07, 6.45) is 1.30. The molecule has 0 atom stereocenters. The molecule has 0 fully saturated rings. The fourth-order valence-electron chi connectivity index (χ4n) is 1.18. The standard InChI is InChI=1S/C10H11IN2O/c1-14-10-3-2-8(5-7-12)9(13-10)4-6-11/h2-3H,4-6H2,1H3. The number of nitriles is 1. The Morgan fingerprint density at radius 3 is 2.93 bits per heavy atom. The molecule has 0 spiro atoms. The van der Waals surface area contributed by atoms with Gasteiger partial charge >= 0.3 is 0 Å². The fraction of sp³-hybridized carbons (Fsp3) is 0.400. The van der Waals surface area contributed by atoms with Crippen LogP contribution in [0.15, 0.2) is 12.1 Å². The van der Waals surface area contributed by atoms with Gasteiger partial charge in [-0.2, -0.15) is 5.26 Å². The summed E-state index contributed by atoms with van der Waals surface area (Å²) in [7, 11) is 1.60. The Kier molecular flexibility index (Phi) is 4.66. The molecule has 4 heteroatoms. The van der Waals surface area contributed by atoms with Crippen molar-refractivity contribution in [2.75, 3.05) is 11.5 Å². The smallest absolute Gasteiger partial charge is 0.213 e. The number of halogens is 1. The molecule has 0 saturated heterocycles. The molecule has 1 aromatic rings. The summed E-state index contributed by atoms with van der Waals surface area (Å²) in [5.41, 5.74) is 1.98. The van der Waals surface area contributed by atoms with Gasteiger partial charge in [-0.05, 0) is 12.0 Å². The van der Waals surface area contributed by atoms with Crippen molar-refractivity contribution >= 4 is 22.6 Å². The molecule has 74 valence electrons. The molecule has 0 aliphatic rings. The molecule has 0 unspecified atom stereocenters. The maximum atomic E-state index is 8.63. The van der Waals surface area contributed by atoms with E-state index in [9.17, 15) is 0 Å². The van der Waals surface area contributed by atoms with Crippen LogP contribution < -0.4 is 4.74 Å². The second-order valence-electron chi connectivity index (χ2n) is 2.73. The van der Waals surface area contributed by atoms with Crippen molar-refractivity contribution in [2.45, 2.75) is 12.8 Å². The summed E-state index contributed by atoms with van der Waals surface area (Å²) in [5.74, 6) is 0.617. The number of ether oxygens (including phenoxy) is 1. The van der Waals surface area contributed by atoms with Crippen molar-refractivity contribution in [3.8, 4) is 11.9 Å². The van der Waals surface area contributed by atoms with Gasteiger partial charge < -0.3 is 4.74 Å². The Balaban J connectivity index is 2.98. The highest BCUT2D eigenvalue weighted by Gasteiger charge is 2.05. The molecule has 0 radical (unpaired) electrons. The highest BCUT2D eigenvalue weighted by Crippen LogP contribution is 2.14. The number of alkyl halides is 1. The molecule has 0 N–H and O–H groups in total. The predicted molar refractivity (Wildman–Crippen MR) is 62.7 cm³/mol. The van der Waals surface area contributed by atoms with E-state index < -0.39 is 0 Å². The van der Waals surface area contributed by atoms with Crippen molar-refractivity contribution in [3.05, 3.63) is 23.4 Å². The molecule has 0 aliphatic heterocycles. The maximum absolute atomic E-state index is 8.63. The first-order valence-corrected chi connectivity index (χ1v) is 5.80. The van der Waals surface area contributed by atoms with Gasteiger partial charge in [-0.25, -0.2) is 4.98 Å². The zero-order valence-corrected chi connectivity index (χ0v) is 10.1. The van der Waals surface area contributed by atoms with Crippen molar-refractivity contribution < 1.29 is 4.74 Å². The summed E-state index contributed by atoms with van der Waals surface area (Å²) in [4.78, 5) is 4.32. The first-order chi connectivity index (χ1) is 6.81. The second kappa shape index (κ2) is 5.81. The Hall–Kier alpha value is -0.830. The van der Waals surface area contributed by atoms with Gasteiger partial charge in [0.2, 0.25) is 5.88 Å². The molecule has 14 heavy (non-hydrogen) atoms. The van der Waals surface area contributed by atoms with Gasteiger partial charge in [-0.15, -0.1) is 0 Å². The average Bonchev–Trinajstić information content (AvgIpc) is 2.21. The van der Waals surface area contributed by atoms with Crippen LogP contribution in [0.1, 0.15) is 11.3 Å². The third-order valence-corrected chi connectivity index (χ3v) is 2.39. The van der Waals surface area contributed by atoms with Crippen LogP contribution in [-0.4, -0.2) is 16.5 Å². The molecule has 1 heterocycles. The number of pyridine rings is 1. The molecular weight excluding hydrogens is 291 g/mol. The van der Waals surface area contributed by atoms with Gasteiger partial charge in [0.25, 0.3) is 0 Å². The van der Waals surface area contributed by atoms with E-state index in [0.29, 0.717) is 12.3 Å². The third-order valence-electron chi connectivity index (χ3n) is 1.85. The van der Waals surface area contributed by atoms with Gasteiger partial charge in [0.15, 0.2) is 0 Å². The van der Waals surface area contributed by atoms with E-state index in [2.05, 4.69) is 33.6 Å². The Morgan fingerprint density at radius 1 is 1.57 bits per heavy atom. The molecular formula is C10H11IN2O. The highest BCUT2D eigenvalue weighted by molar-refractivity contribution is 14.1. The van der Waals surface area contributed by atoms with Crippen LogP contribution in [0.5, 0.6) is 5.88 Å². The van der Waals surface area contributed by atoms with Crippen LogP contribution in [0.25, 0.3) is 0 Å². The van der Waals surface area contributed by atoms with E-state index in [-0.39, 0.29) is 0 Å². The monoisotopic (exact) mass is 302 g/mol. The lowest BCUT2D eigenvalue weighted by atomic mass is 10.1. The summed E-state index contributed by atoms with van der Waals surface area (Å²) in [5, 5.41) is 8.63. The van der Waals surface area contributed by atoms with Crippen molar-refractivity contribution in [1.82, 2.24) is 4.98 Å². The van der Waals surface area contributed by atoms with E-state index in [1.165, 1.54) is 0 Å². The molecule has 0 aromatic carbocycles. The maximum Gasteiger partial charge on any atom is 0.213 e. The first-order valence-electron chi connectivity index (χ1n) is 4.27. The summed E-state index contributed by atoms with van der Waals surface area (Å²) < 4.78 is 6.03. The van der Waals surface area contributed by atoms with E-state index in [1.807, 2.05) is 6.07 Å².